The van der Waals surface area contributed by atoms with E-state index in [-0.39, 0.29) is 6.04 Å². The highest BCUT2D eigenvalue weighted by atomic mass is 35.5. The van der Waals surface area contributed by atoms with Crippen molar-refractivity contribution >= 4 is 23.2 Å². The highest BCUT2D eigenvalue weighted by molar-refractivity contribution is 6.31. The Morgan fingerprint density at radius 1 is 1.00 bits per heavy atom. The molecule has 4 aromatic rings. The van der Waals surface area contributed by atoms with E-state index in [1.54, 1.807) is 13.4 Å². The second-order valence-corrected chi connectivity index (χ2v) is 8.08. The normalized spacial score (nSPS) is 18.7. The van der Waals surface area contributed by atoms with Crippen molar-refractivity contribution in [3.05, 3.63) is 106 Å². The molecule has 3 heterocycles. The van der Waals surface area contributed by atoms with Gasteiger partial charge in [-0.15, -0.1) is 0 Å². The molecule has 1 N–H and O–H groups in total. The molecule has 0 bridgehead atoms. The summed E-state index contributed by atoms with van der Waals surface area (Å²) in [6.45, 7) is 0. The average molecular weight is 443 g/mol. The van der Waals surface area contributed by atoms with Gasteiger partial charge in [0.05, 0.1) is 12.8 Å². The second kappa shape index (κ2) is 7.43. The lowest BCUT2D eigenvalue weighted by Crippen LogP contribution is -2.32. The van der Waals surface area contributed by atoms with E-state index in [1.807, 2.05) is 59.3 Å². The molecule has 1 aromatic heterocycles. The first-order valence-corrected chi connectivity index (χ1v) is 10.7. The number of methoxy groups -OCH3 is 1. The first-order valence-electron chi connectivity index (χ1n) is 10.3. The molecule has 0 spiro atoms. The maximum absolute atomic E-state index is 6.65. The minimum Gasteiger partial charge on any atom is -0.497 e. The van der Waals surface area contributed by atoms with E-state index >= 15 is 0 Å². The van der Waals surface area contributed by atoms with Crippen LogP contribution >= 0.6 is 11.6 Å². The summed E-state index contributed by atoms with van der Waals surface area (Å²) in [5.74, 6) is 2.27. The van der Waals surface area contributed by atoms with Crippen LogP contribution in [0.5, 0.6) is 11.5 Å². The molecule has 0 radical (unpaired) electrons. The average Bonchev–Trinajstić information content (AvgIpc) is 3.31. The molecule has 32 heavy (non-hydrogen) atoms. The van der Waals surface area contributed by atoms with Crippen LogP contribution in [-0.4, -0.2) is 21.9 Å². The number of benzene rings is 3. The fourth-order valence-corrected chi connectivity index (χ4v) is 4.71. The Labute approximate surface area is 190 Å². The molecule has 0 saturated carbocycles. The number of aromatic nitrogens is 3. The van der Waals surface area contributed by atoms with Gasteiger partial charge in [0.25, 0.3) is 0 Å². The number of halogens is 1. The Kier molecular flexibility index (Phi) is 4.40. The summed E-state index contributed by atoms with van der Waals surface area (Å²) in [4.78, 5) is 4.46. The fraction of sp³-hybridized carbons (Fsp3) is 0.120. The summed E-state index contributed by atoms with van der Waals surface area (Å²) in [6.07, 6.45) is 1.17. The van der Waals surface area contributed by atoms with Gasteiger partial charge in [0, 0.05) is 21.7 Å². The predicted octanol–water partition coefficient (Wildman–Crippen LogP) is 5.50. The van der Waals surface area contributed by atoms with Crippen molar-refractivity contribution in [3.63, 3.8) is 0 Å². The number of nitrogens with one attached hydrogen (secondary N) is 1. The minimum absolute atomic E-state index is 0.232. The quantitative estimate of drug-likeness (QED) is 0.454. The van der Waals surface area contributed by atoms with Crippen LogP contribution in [0.3, 0.4) is 0 Å². The van der Waals surface area contributed by atoms with Gasteiger partial charge in [0.2, 0.25) is 5.95 Å². The molecule has 6 nitrogen and oxygen atoms in total. The molecule has 0 amide bonds. The number of fused-ring (bicyclic) bond motifs is 3. The van der Waals surface area contributed by atoms with Crippen LogP contribution < -0.4 is 14.8 Å². The Morgan fingerprint density at radius 3 is 2.59 bits per heavy atom. The van der Waals surface area contributed by atoms with Gasteiger partial charge in [-0.25, -0.2) is 4.68 Å². The van der Waals surface area contributed by atoms with E-state index in [0.717, 1.165) is 39.5 Å². The summed E-state index contributed by atoms with van der Waals surface area (Å²) in [5, 5.41) is 8.70. The summed E-state index contributed by atoms with van der Waals surface area (Å²) >= 11 is 6.65. The highest BCUT2D eigenvalue weighted by Crippen LogP contribution is 2.51. The summed E-state index contributed by atoms with van der Waals surface area (Å²) in [5.41, 5.74) is 4.93. The molecule has 3 aromatic carbocycles. The number of para-hydroxylation sites is 1. The van der Waals surface area contributed by atoms with Crippen LogP contribution in [0.1, 0.15) is 28.8 Å². The molecule has 0 saturated heterocycles. The van der Waals surface area contributed by atoms with Gasteiger partial charge in [0.1, 0.15) is 23.9 Å². The molecule has 0 unspecified atom stereocenters. The van der Waals surface area contributed by atoms with E-state index in [4.69, 9.17) is 21.1 Å². The zero-order valence-corrected chi connectivity index (χ0v) is 18.0. The van der Waals surface area contributed by atoms with E-state index < -0.39 is 6.10 Å². The highest BCUT2D eigenvalue weighted by Gasteiger charge is 2.41. The molecular formula is C25H19ClN4O2. The van der Waals surface area contributed by atoms with Crippen molar-refractivity contribution < 1.29 is 9.47 Å². The number of ether oxygens (including phenoxy) is 2. The minimum atomic E-state index is -0.398. The van der Waals surface area contributed by atoms with Crippen molar-refractivity contribution in [2.75, 3.05) is 12.4 Å². The van der Waals surface area contributed by atoms with Crippen molar-refractivity contribution in [1.29, 1.82) is 0 Å². The first-order chi connectivity index (χ1) is 15.7. The molecule has 158 valence electrons. The Morgan fingerprint density at radius 2 is 1.78 bits per heavy atom. The molecule has 7 heteroatoms. The smallest absolute Gasteiger partial charge is 0.226 e. The Balaban J connectivity index is 1.62. The van der Waals surface area contributed by atoms with Gasteiger partial charge in [-0.05, 0) is 35.9 Å². The molecule has 2 aliphatic heterocycles. The van der Waals surface area contributed by atoms with E-state index in [1.165, 1.54) is 0 Å². The van der Waals surface area contributed by atoms with Crippen molar-refractivity contribution in [2.24, 2.45) is 0 Å². The lowest BCUT2D eigenvalue weighted by atomic mass is 9.84. The zero-order valence-electron chi connectivity index (χ0n) is 17.2. The third-order valence-electron chi connectivity index (χ3n) is 5.94. The Hall–Kier alpha value is -3.77. The number of nitrogens with zero attached hydrogens (tertiary/aromatic N) is 3. The third-order valence-corrected chi connectivity index (χ3v) is 6.28. The largest absolute Gasteiger partial charge is 0.497 e. The third kappa shape index (κ3) is 2.87. The SMILES string of the molecule is COc1ccc([C@H]2C3=C(Nc4ncnn42)c2ccccc2O[C@H]3c2ccccc2Cl)cc1. The number of hydrogen-bond donors (Lipinski definition) is 1. The van der Waals surface area contributed by atoms with Gasteiger partial charge in [0.15, 0.2) is 6.10 Å². The van der Waals surface area contributed by atoms with Crippen molar-refractivity contribution in [2.45, 2.75) is 12.1 Å². The maximum Gasteiger partial charge on any atom is 0.226 e. The van der Waals surface area contributed by atoms with Crippen LogP contribution in [0.2, 0.25) is 5.02 Å². The van der Waals surface area contributed by atoms with Crippen LogP contribution in [0.4, 0.5) is 5.95 Å². The predicted molar refractivity (Wildman–Crippen MR) is 123 cm³/mol. The van der Waals surface area contributed by atoms with E-state index in [9.17, 15) is 0 Å². The second-order valence-electron chi connectivity index (χ2n) is 7.67. The van der Waals surface area contributed by atoms with Gasteiger partial charge in [-0.1, -0.05) is 54.1 Å². The molecule has 0 aliphatic carbocycles. The van der Waals surface area contributed by atoms with Crippen LogP contribution in [-0.2, 0) is 0 Å². The van der Waals surface area contributed by atoms with E-state index in [2.05, 4.69) is 33.6 Å². The van der Waals surface area contributed by atoms with Gasteiger partial charge < -0.3 is 14.8 Å². The van der Waals surface area contributed by atoms with E-state index in [0.29, 0.717) is 11.0 Å². The molecule has 0 fully saturated rings. The zero-order chi connectivity index (χ0) is 21.7. The first kappa shape index (κ1) is 19.0. The summed E-state index contributed by atoms with van der Waals surface area (Å²) < 4.78 is 13.8. The van der Waals surface area contributed by atoms with Gasteiger partial charge in [-0.3, -0.25) is 0 Å². The number of anilines is 1. The lowest BCUT2D eigenvalue weighted by Gasteiger charge is -2.39. The monoisotopic (exact) mass is 442 g/mol. The maximum atomic E-state index is 6.65. The molecule has 2 aliphatic rings. The standard InChI is InChI=1S/C25H19ClN4O2/c1-31-16-12-10-15(11-13-16)23-21-22(29-25-27-14-28-30(23)25)18-7-3-5-9-20(18)32-24(21)17-6-2-4-8-19(17)26/h2-14,23-24H,1H3,(H,27,28,29)/t23-,24-/m0/s1. The van der Waals surface area contributed by atoms with Gasteiger partial charge >= 0.3 is 0 Å². The number of hydrogen-bond acceptors (Lipinski definition) is 5. The summed E-state index contributed by atoms with van der Waals surface area (Å²) in [7, 11) is 1.66. The topological polar surface area (TPSA) is 61.2 Å². The van der Waals surface area contributed by atoms with Gasteiger partial charge in [-0.2, -0.15) is 10.1 Å². The van der Waals surface area contributed by atoms with Crippen LogP contribution in [0, 0.1) is 0 Å². The molecule has 6 rings (SSSR count). The lowest BCUT2D eigenvalue weighted by molar-refractivity contribution is 0.223. The molecular weight excluding hydrogens is 424 g/mol. The van der Waals surface area contributed by atoms with Crippen molar-refractivity contribution in [1.82, 2.24) is 14.8 Å². The summed E-state index contributed by atoms with van der Waals surface area (Å²) in [6, 6.07) is 23.6. The van der Waals surface area contributed by atoms with Crippen LogP contribution in [0.15, 0.2) is 84.7 Å². The molecule has 2 atom stereocenters. The number of rotatable bonds is 3. The Bertz CT molecular complexity index is 1350. The van der Waals surface area contributed by atoms with Crippen LogP contribution in [0.25, 0.3) is 5.70 Å². The van der Waals surface area contributed by atoms with Crippen molar-refractivity contribution in [3.8, 4) is 11.5 Å². The fourth-order valence-electron chi connectivity index (χ4n) is 4.47.